The summed E-state index contributed by atoms with van der Waals surface area (Å²) in [6.45, 7) is 4.36. The van der Waals surface area contributed by atoms with Crippen LogP contribution in [0.15, 0.2) is 0 Å². The molecule has 2 heterocycles. The minimum absolute atomic E-state index is 0.0537. The smallest absolute Gasteiger partial charge is 0.0968 e. The molecule has 0 aromatic carbocycles. The van der Waals surface area contributed by atoms with Gasteiger partial charge in [0, 0.05) is 18.9 Å². The first-order chi connectivity index (χ1) is 9.63. The van der Waals surface area contributed by atoms with Crippen molar-refractivity contribution >= 4 is 0 Å². The lowest BCUT2D eigenvalue weighted by molar-refractivity contribution is -0.170. The lowest BCUT2D eigenvalue weighted by Gasteiger charge is -2.42. The quantitative estimate of drug-likeness (QED) is 0.813. The normalized spacial score (nSPS) is 38.2. The van der Waals surface area contributed by atoms with E-state index in [-0.39, 0.29) is 36.4 Å². The highest BCUT2D eigenvalue weighted by molar-refractivity contribution is 5.01. The van der Waals surface area contributed by atoms with Crippen LogP contribution < -0.4 is 0 Å². The summed E-state index contributed by atoms with van der Waals surface area (Å²) in [6, 6.07) is 2.30. The van der Waals surface area contributed by atoms with Gasteiger partial charge in [-0.2, -0.15) is 5.26 Å². The molecule has 0 radical (unpaired) electrons. The van der Waals surface area contributed by atoms with Crippen LogP contribution in [0.2, 0.25) is 0 Å². The van der Waals surface area contributed by atoms with Gasteiger partial charge in [0.15, 0.2) is 0 Å². The number of rotatable bonds is 6. The molecule has 4 nitrogen and oxygen atoms in total. The molecule has 4 unspecified atom stereocenters. The van der Waals surface area contributed by atoms with Crippen LogP contribution in [0.25, 0.3) is 0 Å². The number of ether oxygens (including phenoxy) is 2. The van der Waals surface area contributed by atoms with Gasteiger partial charge in [-0.25, -0.2) is 0 Å². The molecule has 0 aliphatic carbocycles. The van der Waals surface area contributed by atoms with Crippen LogP contribution >= 0.6 is 0 Å². The van der Waals surface area contributed by atoms with Gasteiger partial charge in [0.2, 0.25) is 0 Å². The van der Waals surface area contributed by atoms with Crippen LogP contribution in [0.5, 0.6) is 0 Å². The maximum absolute atomic E-state index is 8.96. The van der Waals surface area contributed by atoms with E-state index in [0.29, 0.717) is 0 Å². The van der Waals surface area contributed by atoms with E-state index >= 15 is 0 Å². The highest BCUT2D eigenvalue weighted by Crippen LogP contribution is 2.45. The first kappa shape index (κ1) is 15.8. The second-order valence-electron chi connectivity index (χ2n) is 6.32. The van der Waals surface area contributed by atoms with Crippen molar-refractivity contribution < 1.29 is 14.6 Å². The number of aliphatic hydroxyl groups is 1. The van der Waals surface area contributed by atoms with Gasteiger partial charge in [0.25, 0.3) is 0 Å². The van der Waals surface area contributed by atoms with E-state index in [0.717, 1.165) is 44.9 Å². The van der Waals surface area contributed by atoms with Crippen molar-refractivity contribution in [3.8, 4) is 6.07 Å². The summed E-state index contributed by atoms with van der Waals surface area (Å²) < 4.78 is 12.5. The largest absolute Gasteiger partial charge is 0.396 e. The first-order valence-electron chi connectivity index (χ1n) is 7.97. The van der Waals surface area contributed by atoms with Gasteiger partial charge in [-0.1, -0.05) is 6.92 Å². The average molecular weight is 281 g/mol. The molecule has 0 spiro atoms. The van der Waals surface area contributed by atoms with Gasteiger partial charge >= 0.3 is 0 Å². The zero-order valence-corrected chi connectivity index (χ0v) is 12.7. The standard InChI is InChI=1S/C16H27NO3/c1-3-16-10-14(5-4-8-18)19-15(16)7-6-13(20-16)9-12(2)11-17/h12-15,18H,3-10H2,1-2H3/t12-,13?,14?,15?,16?/m1/s1. The Morgan fingerprint density at radius 3 is 2.85 bits per heavy atom. The van der Waals surface area contributed by atoms with E-state index in [1.54, 1.807) is 0 Å². The fourth-order valence-corrected chi connectivity index (χ4v) is 3.66. The third-order valence-corrected chi connectivity index (χ3v) is 4.79. The van der Waals surface area contributed by atoms with Gasteiger partial charge in [0.1, 0.15) is 0 Å². The van der Waals surface area contributed by atoms with Crippen LogP contribution in [0.3, 0.4) is 0 Å². The molecule has 1 N–H and O–H groups in total. The van der Waals surface area contributed by atoms with Crippen LogP contribution in [0, 0.1) is 17.2 Å². The molecule has 0 bridgehead atoms. The molecule has 0 aromatic heterocycles. The maximum atomic E-state index is 8.96. The van der Waals surface area contributed by atoms with Gasteiger partial charge in [-0.15, -0.1) is 0 Å². The minimum atomic E-state index is -0.155. The molecule has 5 atom stereocenters. The number of fused-ring (bicyclic) bond motifs is 1. The number of nitriles is 1. The molecule has 0 saturated carbocycles. The van der Waals surface area contributed by atoms with Crippen LogP contribution in [-0.2, 0) is 9.47 Å². The number of hydrogen-bond acceptors (Lipinski definition) is 4. The highest BCUT2D eigenvalue weighted by Gasteiger charge is 2.51. The molecule has 2 rings (SSSR count). The van der Waals surface area contributed by atoms with Crippen LogP contribution in [-0.4, -0.2) is 35.6 Å². The number of hydrogen-bond donors (Lipinski definition) is 1. The van der Waals surface area contributed by atoms with Crippen molar-refractivity contribution in [1.82, 2.24) is 0 Å². The summed E-state index contributed by atoms with van der Waals surface area (Å²) in [4.78, 5) is 0. The Morgan fingerprint density at radius 2 is 2.20 bits per heavy atom. The third kappa shape index (κ3) is 3.33. The van der Waals surface area contributed by atoms with Gasteiger partial charge in [-0.3, -0.25) is 0 Å². The molecule has 2 fully saturated rings. The second-order valence-corrected chi connectivity index (χ2v) is 6.32. The molecule has 0 amide bonds. The second kappa shape index (κ2) is 6.89. The average Bonchev–Trinajstić information content (AvgIpc) is 2.83. The fourth-order valence-electron chi connectivity index (χ4n) is 3.66. The summed E-state index contributed by atoms with van der Waals surface area (Å²) in [5.74, 6) is 0.0537. The van der Waals surface area contributed by atoms with Gasteiger partial charge < -0.3 is 14.6 Å². The molecule has 2 aliphatic rings. The molecule has 0 aromatic rings. The zero-order chi connectivity index (χ0) is 14.6. The first-order valence-corrected chi connectivity index (χ1v) is 7.97. The van der Waals surface area contributed by atoms with E-state index in [1.165, 1.54) is 0 Å². The van der Waals surface area contributed by atoms with E-state index in [9.17, 15) is 0 Å². The summed E-state index contributed by atoms with van der Waals surface area (Å²) >= 11 is 0. The Bertz CT molecular complexity index is 354. The molecular weight excluding hydrogens is 254 g/mol. The van der Waals surface area contributed by atoms with E-state index < -0.39 is 0 Å². The van der Waals surface area contributed by atoms with Crippen molar-refractivity contribution in [3.05, 3.63) is 0 Å². The Hall–Kier alpha value is -0.630. The highest BCUT2D eigenvalue weighted by atomic mass is 16.6. The van der Waals surface area contributed by atoms with Crippen molar-refractivity contribution in [1.29, 1.82) is 5.26 Å². The Labute approximate surface area is 122 Å². The Kier molecular flexibility index (Phi) is 5.42. The number of aliphatic hydroxyl groups excluding tert-OH is 1. The monoisotopic (exact) mass is 281 g/mol. The third-order valence-electron chi connectivity index (χ3n) is 4.79. The van der Waals surface area contributed by atoms with Crippen molar-refractivity contribution in [2.45, 2.75) is 82.7 Å². The maximum Gasteiger partial charge on any atom is 0.0968 e. The molecule has 20 heavy (non-hydrogen) atoms. The van der Waals surface area contributed by atoms with Crippen molar-refractivity contribution in [3.63, 3.8) is 0 Å². The molecule has 114 valence electrons. The van der Waals surface area contributed by atoms with Crippen molar-refractivity contribution in [2.75, 3.05) is 6.61 Å². The minimum Gasteiger partial charge on any atom is -0.396 e. The molecule has 2 saturated heterocycles. The predicted molar refractivity (Wildman–Crippen MR) is 76.1 cm³/mol. The Morgan fingerprint density at radius 1 is 1.40 bits per heavy atom. The zero-order valence-electron chi connectivity index (χ0n) is 12.7. The summed E-state index contributed by atoms with van der Waals surface area (Å²) in [6.07, 6.45) is 7.08. The van der Waals surface area contributed by atoms with E-state index in [4.69, 9.17) is 19.8 Å². The molecule has 4 heteroatoms. The van der Waals surface area contributed by atoms with Gasteiger partial charge in [-0.05, 0) is 45.4 Å². The fraction of sp³-hybridized carbons (Fsp3) is 0.938. The van der Waals surface area contributed by atoms with Gasteiger partial charge in [0.05, 0.1) is 30.0 Å². The lowest BCUT2D eigenvalue weighted by Crippen LogP contribution is -2.48. The Balaban J connectivity index is 1.96. The predicted octanol–water partition coefficient (Wildman–Crippen LogP) is 2.79. The van der Waals surface area contributed by atoms with Crippen LogP contribution in [0.1, 0.15) is 58.8 Å². The molecular formula is C16H27NO3. The van der Waals surface area contributed by atoms with E-state index in [1.807, 2.05) is 6.92 Å². The van der Waals surface area contributed by atoms with Crippen molar-refractivity contribution in [2.24, 2.45) is 5.92 Å². The number of nitrogens with zero attached hydrogens (tertiary/aromatic N) is 1. The SMILES string of the molecule is CCC12CC(CCCO)OC1CCC(C[C@@H](C)C#N)O2. The molecule has 2 aliphatic heterocycles. The lowest BCUT2D eigenvalue weighted by atomic mass is 9.83. The summed E-state index contributed by atoms with van der Waals surface area (Å²) in [5.41, 5.74) is -0.155. The van der Waals surface area contributed by atoms with Crippen LogP contribution in [0.4, 0.5) is 0 Å². The van der Waals surface area contributed by atoms with E-state index in [2.05, 4.69) is 13.0 Å². The topological polar surface area (TPSA) is 62.5 Å². The summed E-state index contributed by atoms with van der Waals surface area (Å²) in [7, 11) is 0. The summed E-state index contributed by atoms with van der Waals surface area (Å²) in [5, 5.41) is 17.9.